The molecular formula is C29H32O10. The maximum absolute atomic E-state index is 13.5. The summed E-state index contributed by atoms with van der Waals surface area (Å²) in [5.74, 6) is -4.54. The van der Waals surface area contributed by atoms with Crippen LogP contribution in [0.15, 0.2) is 24.3 Å². The summed E-state index contributed by atoms with van der Waals surface area (Å²) >= 11 is 0. The second kappa shape index (κ2) is 9.71. The molecule has 0 aromatic heterocycles. The Bertz CT molecular complexity index is 1350. The number of carbonyl (C=O) groups excluding carboxylic acids is 3. The monoisotopic (exact) mass is 540 g/mol. The lowest BCUT2D eigenvalue weighted by atomic mass is 9.67. The van der Waals surface area contributed by atoms with Crippen LogP contribution in [0.3, 0.4) is 0 Å². The van der Waals surface area contributed by atoms with Crippen molar-refractivity contribution in [3.05, 3.63) is 57.6 Å². The lowest BCUT2D eigenvalue weighted by Crippen LogP contribution is -2.48. The molecule has 7 atom stereocenters. The number of fused-ring (bicyclic) bond motifs is 3. The molecule has 0 amide bonds. The van der Waals surface area contributed by atoms with Crippen molar-refractivity contribution >= 4 is 17.5 Å². The first-order valence-electron chi connectivity index (χ1n) is 13.0. The molecule has 208 valence electrons. The van der Waals surface area contributed by atoms with E-state index in [0.717, 1.165) is 0 Å². The van der Waals surface area contributed by atoms with E-state index >= 15 is 0 Å². The van der Waals surface area contributed by atoms with Crippen LogP contribution < -0.4 is 0 Å². The lowest BCUT2D eigenvalue weighted by molar-refractivity contribution is -0.256. The molecule has 1 fully saturated rings. The lowest BCUT2D eigenvalue weighted by Gasteiger charge is -2.45. The van der Waals surface area contributed by atoms with Crippen molar-refractivity contribution in [1.82, 2.24) is 0 Å². The number of ketones is 2. The molecule has 2 aromatic carbocycles. The molecule has 4 N–H and O–H groups in total. The Balaban J connectivity index is 1.71. The zero-order chi connectivity index (χ0) is 28.4. The molecule has 1 aliphatic heterocycles. The van der Waals surface area contributed by atoms with Crippen molar-refractivity contribution in [2.45, 2.75) is 76.2 Å². The van der Waals surface area contributed by atoms with Gasteiger partial charge in [-0.25, -0.2) is 0 Å². The number of methoxy groups -OCH3 is 1. The Morgan fingerprint density at radius 1 is 1.13 bits per heavy atom. The highest BCUT2D eigenvalue weighted by Crippen LogP contribution is 2.54. The van der Waals surface area contributed by atoms with Gasteiger partial charge in [0.2, 0.25) is 5.78 Å². The van der Waals surface area contributed by atoms with Crippen molar-refractivity contribution in [3.63, 3.8) is 0 Å². The number of aliphatic hydroxyl groups excluding tert-OH is 1. The van der Waals surface area contributed by atoms with Gasteiger partial charge < -0.3 is 34.6 Å². The van der Waals surface area contributed by atoms with E-state index in [2.05, 4.69) is 0 Å². The largest absolute Gasteiger partial charge is 0.507 e. The minimum Gasteiger partial charge on any atom is -0.507 e. The number of carbonyl (C=O) groups is 3. The van der Waals surface area contributed by atoms with Gasteiger partial charge in [-0.2, -0.15) is 0 Å². The van der Waals surface area contributed by atoms with Gasteiger partial charge in [-0.15, -0.1) is 0 Å². The topological polar surface area (TPSA) is 160 Å². The molecule has 1 heterocycles. The van der Waals surface area contributed by atoms with Crippen LogP contribution in [0.25, 0.3) is 0 Å². The minimum absolute atomic E-state index is 0.0343. The fourth-order valence-corrected chi connectivity index (χ4v) is 6.24. The van der Waals surface area contributed by atoms with E-state index in [-0.39, 0.29) is 52.1 Å². The zero-order valence-electron chi connectivity index (χ0n) is 22.1. The number of ether oxygens (including phenoxy) is 3. The number of aliphatic hydroxyl groups is 2. The van der Waals surface area contributed by atoms with E-state index in [1.165, 1.54) is 31.4 Å². The van der Waals surface area contributed by atoms with Crippen LogP contribution in [0, 0.1) is 5.92 Å². The van der Waals surface area contributed by atoms with Crippen LogP contribution in [-0.2, 0) is 19.0 Å². The Kier molecular flexibility index (Phi) is 6.79. The molecule has 0 spiro atoms. The van der Waals surface area contributed by atoms with E-state index in [0.29, 0.717) is 6.42 Å². The van der Waals surface area contributed by atoms with Crippen molar-refractivity contribution in [2.75, 3.05) is 7.11 Å². The highest BCUT2D eigenvalue weighted by Gasteiger charge is 2.53. The third-order valence-corrected chi connectivity index (χ3v) is 8.43. The van der Waals surface area contributed by atoms with Gasteiger partial charge in [0, 0.05) is 29.5 Å². The van der Waals surface area contributed by atoms with Gasteiger partial charge in [-0.3, -0.25) is 14.4 Å². The van der Waals surface area contributed by atoms with Gasteiger partial charge in [-0.1, -0.05) is 26.0 Å². The maximum Gasteiger partial charge on any atom is 0.316 e. The third kappa shape index (κ3) is 4.13. The standard InChI is InChI=1S/C29H32O10/c1-5-29(36)11-18(39-19-9-12(2)24(31)13(3)38-19)21-15(23(29)28(35)37-4)10-16-22(27(21)34)26(33)20-14(25(16)32)7-6-8-17(20)30/h6-8,10,12-13,18-19,23-24,30-31,34,36H,5,9,11H2,1-4H3/t12-,13-,18-,19-,23-,24-,29+/m0/s1. The van der Waals surface area contributed by atoms with Gasteiger partial charge >= 0.3 is 5.97 Å². The normalized spacial score (nSPS) is 31.7. The summed E-state index contributed by atoms with van der Waals surface area (Å²) in [5, 5.41) is 44.0. The van der Waals surface area contributed by atoms with Gasteiger partial charge in [-0.05, 0) is 37.0 Å². The van der Waals surface area contributed by atoms with Crippen LogP contribution in [0.2, 0.25) is 0 Å². The Morgan fingerprint density at radius 3 is 2.49 bits per heavy atom. The van der Waals surface area contributed by atoms with Crippen LogP contribution in [0.1, 0.15) is 95.0 Å². The Hall–Kier alpha value is -3.31. The average Bonchev–Trinajstić information content (AvgIpc) is 2.89. The second-order valence-electron chi connectivity index (χ2n) is 10.7. The molecule has 10 nitrogen and oxygen atoms in total. The van der Waals surface area contributed by atoms with Crippen molar-refractivity contribution < 1.29 is 49.0 Å². The third-order valence-electron chi connectivity index (χ3n) is 8.43. The van der Waals surface area contributed by atoms with E-state index in [4.69, 9.17) is 14.2 Å². The fourth-order valence-electron chi connectivity index (χ4n) is 6.24. The van der Waals surface area contributed by atoms with E-state index in [9.17, 15) is 34.8 Å². The van der Waals surface area contributed by atoms with Crippen molar-refractivity contribution in [3.8, 4) is 11.5 Å². The number of aromatic hydroxyl groups is 2. The summed E-state index contributed by atoms with van der Waals surface area (Å²) in [5.41, 5.74) is -2.21. The molecule has 0 radical (unpaired) electrons. The smallest absolute Gasteiger partial charge is 0.316 e. The summed E-state index contributed by atoms with van der Waals surface area (Å²) in [6.07, 6.45) is -2.79. The highest BCUT2D eigenvalue weighted by molar-refractivity contribution is 6.30. The Morgan fingerprint density at radius 2 is 1.85 bits per heavy atom. The van der Waals surface area contributed by atoms with Crippen molar-refractivity contribution in [1.29, 1.82) is 0 Å². The van der Waals surface area contributed by atoms with Crippen LogP contribution in [0.5, 0.6) is 11.5 Å². The molecular weight excluding hydrogens is 508 g/mol. The van der Waals surface area contributed by atoms with Gasteiger partial charge in [0.1, 0.15) is 17.4 Å². The highest BCUT2D eigenvalue weighted by atomic mass is 16.7. The summed E-state index contributed by atoms with van der Waals surface area (Å²) in [6.45, 7) is 5.26. The number of esters is 1. The number of phenolic OH excluding ortho intramolecular Hbond substituents is 2. The van der Waals surface area contributed by atoms with Gasteiger partial charge in [0.25, 0.3) is 0 Å². The molecule has 1 saturated heterocycles. The molecule has 5 rings (SSSR count). The number of hydrogen-bond donors (Lipinski definition) is 4. The molecule has 2 aromatic rings. The van der Waals surface area contributed by atoms with Gasteiger partial charge in [0.05, 0.1) is 42.1 Å². The summed E-state index contributed by atoms with van der Waals surface area (Å²) in [6, 6.07) is 5.45. The SMILES string of the molecule is CC[C@@]1(O)C[C@H](O[C@H]2C[C@H](C)[C@H](O)[C@H](C)O2)c2c(cc3c(c2O)C(=O)c2c(O)cccc2C3=O)[C@H]1C(=O)OC. The number of benzene rings is 2. The summed E-state index contributed by atoms with van der Waals surface area (Å²) in [4.78, 5) is 40.1. The van der Waals surface area contributed by atoms with Crippen LogP contribution >= 0.6 is 0 Å². The molecule has 3 aliphatic rings. The predicted molar refractivity (Wildman–Crippen MR) is 136 cm³/mol. The minimum atomic E-state index is -1.67. The molecule has 0 bridgehead atoms. The number of phenols is 2. The second-order valence-corrected chi connectivity index (χ2v) is 10.7. The first kappa shape index (κ1) is 27.3. The number of hydrogen-bond acceptors (Lipinski definition) is 10. The summed E-state index contributed by atoms with van der Waals surface area (Å²) in [7, 11) is 1.18. The van der Waals surface area contributed by atoms with Gasteiger partial charge in [0.15, 0.2) is 12.1 Å². The van der Waals surface area contributed by atoms with E-state index < -0.39 is 65.2 Å². The van der Waals surface area contributed by atoms with Crippen LogP contribution in [0.4, 0.5) is 0 Å². The predicted octanol–water partition coefficient (Wildman–Crippen LogP) is 2.86. The summed E-state index contributed by atoms with van der Waals surface area (Å²) < 4.78 is 17.2. The Labute approximate surface area is 225 Å². The fraction of sp³-hybridized carbons (Fsp3) is 0.483. The molecule has 0 unspecified atom stereocenters. The zero-order valence-corrected chi connectivity index (χ0v) is 22.1. The van der Waals surface area contributed by atoms with E-state index in [1.54, 1.807) is 13.8 Å². The van der Waals surface area contributed by atoms with Crippen LogP contribution in [-0.4, -0.2) is 69.2 Å². The molecule has 10 heteroatoms. The molecule has 2 aliphatic carbocycles. The quantitative estimate of drug-likeness (QED) is 0.362. The van der Waals surface area contributed by atoms with Crippen molar-refractivity contribution in [2.24, 2.45) is 5.92 Å². The molecule has 0 saturated carbocycles. The first-order valence-corrected chi connectivity index (χ1v) is 13.0. The maximum atomic E-state index is 13.5. The van der Waals surface area contributed by atoms with E-state index in [1.807, 2.05) is 6.92 Å². The average molecular weight is 541 g/mol. The number of rotatable bonds is 4. The molecule has 39 heavy (non-hydrogen) atoms. The first-order chi connectivity index (χ1) is 18.4.